The minimum absolute atomic E-state index is 0.0919. The van der Waals surface area contributed by atoms with Gasteiger partial charge < -0.3 is 10.1 Å². The van der Waals surface area contributed by atoms with Crippen LogP contribution in [0.1, 0.15) is 26.7 Å². The number of sulfonamides is 1. The summed E-state index contributed by atoms with van der Waals surface area (Å²) in [5, 5.41) is 3.15. The minimum Gasteiger partial charge on any atom is -0.377 e. The average molecular weight is 250 g/mol. The zero-order valence-corrected chi connectivity index (χ0v) is 10.8. The first-order valence-electron chi connectivity index (χ1n) is 5.82. The van der Waals surface area contributed by atoms with Crippen LogP contribution in [0.4, 0.5) is 0 Å². The van der Waals surface area contributed by atoms with Crippen molar-refractivity contribution in [3.8, 4) is 0 Å². The van der Waals surface area contributed by atoms with Crippen LogP contribution in [0.2, 0.25) is 0 Å². The van der Waals surface area contributed by atoms with E-state index in [1.807, 2.05) is 13.8 Å². The van der Waals surface area contributed by atoms with Crippen molar-refractivity contribution in [2.75, 3.05) is 25.4 Å². The molecule has 1 rings (SSSR count). The molecule has 0 saturated carbocycles. The summed E-state index contributed by atoms with van der Waals surface area (Å²) in [4.78, 5) is 0. The first-order chi connectivity index (χ1) is 7.49. The maximum atomic E-state index is 11.6. The Morgan fingerprint density at radius 1 is 1.38 bits per heavy atom. The SMILES string of the molecule is CC(C)NCCNS(=O)(=O)CC1CCCO1. The monoisotopic (exact) mass is 250 g/mol. The first-order valence-corrected chi connectivity index (χ1v) is 7.47. The van der Waals surface area contributed by atoms with Crippen molar-refractivity contribution in [1.29, 1.82) is 0 Å². The van der Waals surface area contributed by atoms with Gasteiger partial charge in [-0.3, -0.25) is 0 Å². The second kappa shape index (κ2) is 6.54. The van der Waals surface area contributed by atoms with Gasteiger partial charge in [-0.2, -0.15) is 0 Å². The lowest BCUT2D eigenvalue weighted by Gasteiger charge is -2.12. The van der Waals surface area contributed by atoms with E-state index in [0.717, 1.165) is 12.8 Å². The van der Waals surface area contributed by atoms with Crippen molar-refractivity contribution >= 4 is 10.0 Å². The molecule has 2 N–H and O–H groups in total. The van der Waals surface area contributed by atoms with E-state index in [0.29, 0.717) is 25.7 Å². The fourth-order valence-corrected chi connectivity index (χ4v) is 2.93. The van der Waals surface area contributed by atoms with Crippen LogP contribution in [0.5, 0.6) is 0 Å². The molecule has 0 bridgehead atoms. The van der Waals surface area contributed by atoms with Crippen molar-refractivity contribution in [3.63, 3.8) is 0 Å². The number of nitrogens with one attached hydrogen (secondary N) is 2. The molecule has 6 heteroatoms. The van der Waals surface area contributed by atoms with Gasteiger partial charge in [-0.05, 0) is 12.8 Å². The zero-order valence-electron chi connectivity index (χ0n) is 10.0. The van der Waals surface area contributed by atoms with Crippen LogP contribution in [-0.2, 0) is 14.8 Å². The van der Waals surface area contributed by atoms with E-state index >= 15 is 0 Å². The highest BCUT2D eigenvalue weighted by Gasteiger charge is 2.22. The molecule has 1 unspecified atom stereocenters. The molecule has 0 aliphatic carbocycles. The van der Waals surface area contributed by atoms with Crippen LogP contribution in [0.15, 0.2) is 0 Å². The summed E-state index contributed by atoms with van der Waals surface area (Å²) in [5.41, 5.74) is 0. The fraction of sp³-hybridized carbons (Fsp3) is 1.00. The molecule has 0 spiro atoms. The second-order valence-corrected chi connectivity index (χ2v) is 6.27. The Bertz CT molecular complexity index is 284. The highest BCUT2D eigenvalue weighted by molar-refractivity contribution is 7.89. The maximum Gasteiger partial charge on any atom is 0.214 e. The molecule has 1 heterocycles. The smallest absolute Gasteiger partial charge is 0.214 e. The molecule has 1 atom stereocenters. The van der Waals surface area contributed by atoms with Gasteiger partial charge in [0.15, 0.2) is 0 Å². The minimum atomic E-state index is -3.18. The molecule has 5 nitrogen and oxygen atoms in total. The van der Waals surface area contributed by atoms with Crippen LogP contribution in [0, 0.1) is 0 Å². The summed E-state index contributed by atoms with van der Waals surface area (Å²) in [6, 6.07) is 0.377. The third-order valence-corrected chi connectivity index (χ3v) is 3.88. The second-order valence-electron chi connectivity index (χ2n) is 4.42. The fourth-order valence-electron chi connectivity index (χ4n) is 1.65. The molecular weight excluding hydrogens is 228 g/mol. The Morgan fingerprint density at radius 2 is 2.12 bits per heavy atom. The summed E-state index contributed by atoms with van der Waals surface area (Å²) >= 11 is 0. The molecule has 0 aromatic rings. The molecule has 1 aliphatic rings. The van der Waals surface area contributed by atoms with Crippen LogP contribution >= 0.6 is 0 Å². The standard InChI is InChI=1S/C10H22N2O3S/c1-9(2)11-5-6-12-16(13,14)8-10-4-3-7-15-10/h9-12H,3-8H2,1-2H3. The Balaban J connectivity index is 2.18. The van der Waals surface area contributed by atoms with Crippen LogP contribution in [0.25, 0.3) is 0 Å². The van der Waals surface area contributed by atoms with Gasteiger partial charge in [0.1, 0.15) is 0 Å². The van der Waals surface area contributed by atoms with Gasteiger partial charge in [0, 0.05) is 25.7 Å². The van der Waals surface area contributed by atoms with Crippen molar-refractivity contribution in [2.45, 2.75) is 38.8 Å². The van der Waals surface area contributed by atoms with Gasteiger partial charge in [-0.25, -0.2) is 13.1 Å². The number of ether oxygens (including phenoxy) is 1. The Kier molecular flexibility index (Phi) is 5.68. The predicted octanol–water partition coefficient (Wildman–Crippen LogP) is 0.0828. The molecule has 0 amide bonds. The third-order valence-electron chi connectivity index (χ3n) is 2.43. The number of rotatable bonds is 7. The number of hydrogen-bond donors (Lipinski definition) is 2. The molecule has 0 aromatic heterocycles. The quantitative estimate of drug-likeness (QED) is 0.628. The molecule has 0 aromatic carbocycles. The molecule has 1 saturated heterocycles. The van der Waals surface area contributed by atoms with Crippen LogP contribution in [-0.4, -0.2) is 46.0 Å². The van der Waals surface area contributed by atoms with Gasteiger partial charge in [0.25, 0.3) is 0 Å². The van der Waals surface area contributed by atoms with Gasteiger partial charge >= 0.3 is 0 Å². The van der Waals surface area contributed by atoms with E-state index in [1.165, 1.54) is 0 Å². The van der Waals surface area contributed by atoms with Crippen LogP contribution < -0.4 is 10.0 Å². The Labute approximate surface area is 98.0 Å². The molecule has 1 aliphatic heterocycles. The maximum absolute atomic E-state index is 11.6. The van der Waals surface area contributed by atoms with Crippen molar-refractivity contribution < 1.29 is 13.2 Å². The van der Waals surface area contributed by atoms with E-state index in [9.17, 15) is 8.42 Å². The van der Waals surface area contributed by atoms with Gasteiger partial charge in [0.2, 0.25) is 10.0 Å². The molecule has 0 radical (unpaired) electrons. The largest absolute Gasteiger partial charge is 0.377 e. The van der Waals surface area contributed by atoms with Crippen molar-refractivity contribution in [1.82, 2.24) is 10.0 Å². The summed E-state index contributed by atoms with van der Waals surface area (Å²) in [7, 11) is -3.18. The zero-order chi connectivity index (χ0) is 12.0. The van der Waals surface area contributed by atoms with E-state index in [-0.39, 0.29) is 11.9 Å². The lowest BCUT2D eigenvalue weighted by atomic mass is 10.3. The first kappa shape index (κ1) is 13.9. The summed E-state index contributed by atoms with van der Waals surface area (Å²) < 4.78 is 31.1. The summed E-state index contributed by atoms with van der Waals surface area (Å²) in [6.45, 7) is 5.84. The summed E-state index contributed by atoms with van der Waals surface area (Å²) in [5.74, 6) is 0.0919. The van der Waals surface area contributed by atoms with Crippen molar-refractivity contribution in [3.05, 3.63) is 0 Å². The Hall–Kier alpha value is -0.170. The number of hydrogen-bond acceptors (Lipinski definition) is 4. The van der Waals surface area contributed by atoms with Crippen LogP contribution in [0.3, 0.4) is 0 Å². The van der Waals surface area contributed by atoms with Gasteiger partial charge in [0.05, 0.1) is 11.9 Å². The molecule has 16 heavy (non-hydrogen) atoms. The lowest BCUT2D eigenvalue weighted by Crippen LogP contribution is -2.37. The van der Waals surface area contributed by atoms with E-state index < -0.39 is 10.0 Å². The van der Waals surface area contributed by atoms with E-state index in [4.69, 9.17) is 4.74 Å². The van der Waals surface area contributed by atoms with Crippen molar-refractivity contribution in [2.24, 2.45) is 0 Å². The Morgan fingerprint density at radius 3 is 2.69 bits per heavy atom. The predicted molar refractivity (Wildman–Crippen MR) is 63.9 cm³/mol. The average Bonchev–Trinajstić information content (AvgIpc) is 2.64. The summed E-state index contributed by atoms with van der Waals surface area (Å²) in [6.07, 6.45) is 1.70. The van der Waals surface area contributed by atoms with E-state index in [2.05, 4.69) is 10.0 Å². The van der Waals surface area contributed by atoms with E-state index in [1.54, 1.807) is 0 Å². The normalized spacial score (nSPS) is 21.8. The lowest BCUT2D eigenvalue weighted by molar-refractivity contribution is 0.127. The third kappa shape index (κ3) is 5.79. The van der Waals surface area contributed by atoms with Gasteiger partial charge in [-0.1, -0.05) is 13.8 Å². The van der Waals surface area contributed by atoms with Gasteiger partial charge in [-0.15, -0.1) is 0 Å². The molecular formula is C10H22N2O3S. The highest BCUT2D eigenvalue weighted by Crippen LogP contribution is 2.13. The molecule has 96 valence electrons. The molecule has 1 fully saturated rings. The highest BCUT2D eigenvalue weighted by atomic mass is 32.2. The topological polar surface area (TPSA) is 67.4 Å².